The van der Waals surface area contributed by atoms with Gasteiger partial charge in [-0.05, 0) is 105 Å². The zero-order valence-corrected chi connectivity index (χ0v) is 20.0. The maximum atomic E-state index is 13.1. The Morgan fingerprint density at radius 1 is 1.00 bits per heavy atom. The highest BCUT2D eigenvalue weighted by Gasteiger charge is 2.24. The first-order chi connectivity index (χ1) is 14.9. The van der Waals surface area contributed by atoms with Crippen molar-refractivity contribution in [3.05, 3.63) is 102 Å². The molecule has 4 rings (SSSR count). The van der Waals surface area contributed by atoms with E-state index in [4.69, 9.17) is 9.47 Å². The molecule has 0 unspecified atom stereocenters. The summed E-state index contributed by atoms with van der Waals surface area (Å²) < 4.78 is 25.3. The smallest absolute Gasteiger partial charge is 0.363 e. The summed E-state index contributed by atoms with van der Waals surface area (Å²) in [6, 6.07) is 17.8. The van der Waals surface area contributed by atoms with E-state index < -0.39 is 11.9 Å². The molecule has 8 heteroatoms. The van der Waals surface area contributed by atoms with E-state index in [1.54, 1.807) is 42.5 Å². The highest BCUT2D eigenvalue weighted by atomic mass is 127. The van der Waals surface area contributed by atoms with Gasteiger partial charge in [0.15, 0.2) is 11.4 Å². The topological polar surface area (TPSA) is 65.0 Å². The van der Waals surface area contributed by atoms with Crippen LogP contribution in [0.4, 0.5) is 4.39 Å². The van der Waals surface area contributed by atoms with Crippen LogP contribution in [0.3, 0.4) is 0 Å². The molecule has 0 saturated carbocycles. The van der Waals surface area contributed by atoms with Crippen LogP contribution in [0, 0.1) is 13.0 Å². The van der Waals surface area contributed by atoms with Gasteiger partial charge in [0.05, 0.1) is 12.7 Å². The molecule has 0 radical (unpaired) electrons. The summed E-state index contributed by atoms with van der Waals surface area (Å²) in [4.78, 5) is 28.8. The number of esters is 2. The highest BCUT2D eigenvalue weighted by Crippen LogP contribution is 2.31. The lowest BCUT2D eigenvalue weighted by Gasteiger charge is -2.10. The second-order valence-corrected chi connectivity index (χ2v) is 8.74. The second kappa shape index (κ2) is 9.27. The molecule has 0 aromatic heterocycles. The molecule has 0 spiro atoms. The number of benzene rings is 3. The zero-order chi connectivity index (χ0) is 22.0. The predicted molar refractivity (Wildman–Crippen MR) is 130 cm³/mol. The van der Waals surface area contributed by atoms with Crippen molar-refractivity contribution in [2.45, 2.75) is 0 Å². The quantitative estimate of drug-likeness (QED) is 0.162. The Bertz CT molecular complexity index is 1220. The van der Waals surface area contributed by atoms with Gasteiger partial charge in [0, 0.05) is 5.56 Å². The number of carbonyl (C=O) groups excluding carboxylic acids is 2. The number of ether oxygens (including phenoxy) is 2. The van der Waals surface area contributed by atoms with Crippen LogP contribution in [0.2, 0.25) is 0 Å². The van der Waals surface area contributed by atoms with Crippen molar-refractivity contribution in [3.8, 4) is 5.75 Å². The molecule has 3 aromatic carbocycles. The molecule has 31 heavy (non-hydrogen) atoms. The van der Waals surface area contributed by atoms with Crippen LogP contribution in [-0.4, -0.2) is 17.8 Å². The number of hydrogen-bond donors (Lipinski definition) is 0. The molecule has 0 fully saturated rings. The summed E-state index contributed by atoms with van der Waals surface area (Å²) in [5, 5.41) is 0. The number of aliphatic imine (C=N–C) groups is 1. The fourth-order valence-electron chi connectivity index (χ4n) is 2.77. The number of halogens is 3. The minimum absolute atomic E-state index is 0.119. The normalized spacial score (nSPS) is 14.4. The standard InChI is InChI=1S/C23H12FI2NO4/c24-16-8-6-14(7-9-16)21-27-19(23(29)31-21)12-13-10-17(25)20(18(26)11-13)30-22(28)15-4-2-1-3-5-15/h1-12H/b19-12-. The van der Waals surface area contributed by atoms with Crippen molar-refractivity contribution < 1.29 is 23.5 Å². The van der Waals surface area contributed by atoms with Crippen molar-refractivity contribution in [2.24, 2.45) is 4.99 Å². The summed E-state index contributed by atoms with van der Waals surface area (Å²) in [5.74, 6) is -0.864. The molecular weight excluding hydrogens is 627 g/mol. The number of nitrogens with zero attached hydrogens (tertiary/aromatic N) is 1. The third-order valence-electron chi connectivity index (χ3n) is 4.24. The van der Waals surface area contributed by atoms with Crippen molar-refractivity contribution >= 4 is 69.1 Å². The number of cyclic esters (lactones) is 1. The average Bonchev–Trinajstić information content (AvgIpc) is 3.12. The van der Waals surface area contributed by atoms with Gasteiger partial charge in [0.2, 0.25) is 5.90 Å². The molecule has 1 heterocycles. The molecule has 1 aliphatic rings. The van der Waals surface area contributed by atoms with E-state index in [0.717, 1.165) is 0 Å². The Kier molecular flexibility index (Phi) is 6.46. The average molecular weight is 639 g/mol. The first-order valence-corrected chi connectivity index (χ1v) is 11.1. The Labute approximate surface area is 204 Å². The molecule has 0 aliphatic carbocycles. The summed E-state index contributed by atoms with van der Waals surface area (Å²) >= 11 is 4.15. The molecule has 1 aliphatic heterocycles. The molecule has 5 nitrogen and oxygen atoms in total. The Balaban J connectivity index is 1.59. The summed E-state index contributed by atoms with van der Waals surface area (Å²) in [5.41, 5.74) is 1.78. The second-order valence-electron chi connectivity index (χ2n) is 6.41. The van der Waals surface area contributed by atoms with Crippen LogP contribution in [0.5, 0.6) is 5.75 Å². The van der Waals surface area contributed by atoms with E-state index >= 15 is 0 Å². The summed E-state index contributed by atoms with van der Waals surface area (Å²) in [6.45, 7) is 0. The number of rotatable bonds is 4. The van der Waals surface area contributed by atoms with Gasteiger partial charge in [-0.2, -0.15) is 0 Å². The van der Waals surface area contributed by atoms with Crippen LogP contribution in [-0.2, 0) is 9.53 Å². The van der Waals surface area contributed by atoms with Gasteiger partial charge < -0.3 is 9.47 Å². The first-order valence-electron chi connectivity index (χ1n) is 8.95. The molecule has 0 N–H and O–H groups in total. The van der Waals surface area contributed by atoms with Crippen molar-refractivity contribution in [3.63, 3.8) is 0 Å². The zero-order valence-electron chi connectivity index (χ0n) is 15.6. The predicted octanol–water partition coefficient (Wildman–Crippen LogP) is 5.60. The van der Waals surface area contributed by atoms with E-state index in [1.165, 1.54) is 24.3 Å². The Morgan fingerprint density at radius 2 is 1.65 bits per heavy atom. The van der Waals surface area contributed by atoms with E-state index in [2.05, 4.69) is 50.2 Å². The lowest BCUT2D eigenvalue weighted by molar-refractivity contribution is -0.129. The van der Waals surface area contributed by atoms with Gasteiger partial charge in [-0.15, -0.1) is 0 Å². The van der Waals surface area contributed by atoms with Gasteiger partial charge in [-0.1, -0.05) is 18.2 Å². The van der Waals surface area contributed by atoms with Gasteiger partial charge in [-0.25, -0.2) is 19.0 Å². The highest BCUT2D eigenvalue weighted by molar-refractivity contribution is 14.1. The molecule has 0 atom stereocenters. The summed E-state index contributed by atoms with van der Waals surface area (Å²) in [6.07, 6.45) is 1.59. The van der Waals surface area contributed by atoms with Crippen LogP contribution >= 0.6 is 45.2 Å². The summed E-state index contributed by atoms with van der Waals surface area (Å²) in [7, 11) is 0. The minimum atomic E-state index is -0.594. The van der Waals surface area contributed by atoms with Gasteiger partial charge in [0.25, 0.3) is 0 Å². The fraction of sp³-hybridized carbons (Fsp3) is 0. The molecule has 0 saturated heterocycles. The largest absolute Gasteiger partial charge is 0.421 e. The minimum Gasteiger partial charge on any atom is -0.421 e. The van der Waals surface area contributed by atoms with E-state index in [-0.39, 0.29) is 17.4 Å². The lowest BCUT2D eigenvalue weighted by atomic mass is 10.2. The van der Waals surface area contributed by atoms with Gasteiger partial charge >= 0.3 is 11.9 Å². The maximum absolute atomic E-state index is 13.1. The lowest BCUT2D eigenvalue weighted by Crippen LogP contribution is -2.10. The van der Waals surface area contributed by atoms with E-state index in [0.29, 0.717) is 29.6 Å². The molecule has 0 amide bonds. The van der Waals surface area contributed by atoms with Gasteiger partial charge in [-0.3, -0.25) is 0 Å². The number of hydrogen-bond acceptors (Lipinski definition) is 5. The molecular formula is C23H12FI2NO4. The van der Waals surface area contributed by atoms with E-state index in [9.17, 15) is 14.0 Å². The van der Waals surface area contributed by atoms with Crippen LogP contribution in [0.15, 0.2) is 77.4 Å². The Morgan fingerprint density at radius 3 is 2.29 bits per heavy atom. The molecule has 154 valence electrons. The van der Waals surface area contributed by atoms with E-state index in [1.807, 2.05) is 6.07 Å². The fourth-order valence-corrected chi connectivity index (χ4v) is 4.81. The van der Waals surface area contributed by atoms with Crippen LogP contribution in [0.1, 0.15) is 21.5 Å². The third-order valence-corrected chi connectivity index (χ3v) is 5.84. The van der Waals surface area contributed by atoms with Crippen molar-refractivity contribution in [1.29, 1.82) is 0 Å². The van der Waals surface area contributed by atoms with Crippen molar-refractivity contribution in [1.82, 2.24) is 0 Å². The number of carbonyl (C=O) groups is 2. The Hall–Kier alpha value is -2.60. The van der Waals surface area contributed by atoms with Gasteiger partial charge in [0.1, 0.15) is 5.82 Å². The van der Waals surface area contributed by atoms with Crippen LogP contribution < -0.4 is 4.74 Å². The van der Waals surface area contributed by atoms with Crippen molar-refractivity contribution in [2.75, 3.05) is 0 Å². The molecule has 0 bridgehead atoms. The SMILES string of the molecule is O=C1OC(c2ccc(F)cc2)=N/C1=C\c1cc(I)c(OC(=O)c2ccccc2)c(I)c1. The third kappa shape index (κ3) is 5.01. The van der Waals surface area contributed by atoms with Crippen LogP contribution in [0.25, 0.3) is 6.08 Å². The first kappa shape index (κ1) is 21.6. The monoisotopic (exact) mass is 639 g/mol. The molecule has 3 aromatic rings. The maximum Gasteiger partial charge on any atom is 0.363 e.